The maximum atomic E-state index is 11.5. The van der Waals surface area contributed by atoms with Crippen molar-refractivity contribution in [3.8, 4) is 0 Å². The fourth-order valence-electron chi connectivity index (χ4n) is 2.17. The van der Waals surface area contributed by atoms with Gasteiger partial charge in [-0.3, -0.25) is 14.9 Å². The Hall–Kier alpha value is -1.63. The molecular formula is C12H14BrN3O3. The highest BCUT2D eigenvalue weighted by Crippen LogP contribution is 2.28. The molecule has 1 amide bonds. The number of piperazine rings is 1. The zero-order valence-corrected chi connectivity index (χ0v) is 11.9. The molecule has 0 aromatic heterocycles. The van der Waals surface area contributed by atoms with Crippen LogP contribution in [-0.2, 0) is 4.79 Å². The molecule has 0 aliphatic carbocycles. The van der Waals surface area contributed by atoms with Crippen molar-refractivity contribution in [3.05, 3.63) is 34.4 Å². The number of halogens is 1. The van der Waals surface area contributed by atoms with Gasteiger partial charge in [0.05, 0.1) is 10.3 Å². The first kappa shape index (κ1) is 13.8. The standard InChI is InChI=1S/C12H14BrN3O3/c13-9-12(17)15-7-5-14(6-8-15)10-3-1-2-4-11(10)16(18)19/h1-4H,5-9H2. The topological polar surface area (TPSA) is 66.7 Å². The number of para-hydroxylation sites is 2. The lowest BCUT2D eigenvalue weighted by Gasteiger charge is -2.35. The molecule has 1 saturated heterocycles. The maximum absolute atomic E-state index is 11.5. The van der Waals surface area contributed by atoms with Crippen LogP contribution < -0.4 is 4.90 Å². The van der Waals surface area contributed by atoms with Gasteiger partial charge in [0.1, 0.15) is 5.69 Å². The molecule has 0 saturated carbocycles. The third-order valence-electron chi connectivity index (χ3n) is 3.17. The van der Waals surface area contributed by atoms with Crippen LogP contribution in [0.3, 0.4) is 0 Å². The molecule has 0 spiro atoms. The van der Waals surface area contributed by atoms with Crippen LogP contribution in [0.25, 0.3) is 0 Å². The summed E-state index contributed by atoms with van der Waals surface area (Å²) in [7, 11) is 0. The van der Waals surface area contributed by atoms with Gasteiger partial charge in [0.25, 0.3) is 5.69 Å². The average molecular weight is 328 g/mol. The number of carbonyl (C=O) groups excluding carboxylic acids is 1. The normalized spacial score (nSPS) is 15.4. The van der Waals surface area contributed by atoms with Crippen LogP contribution in [0.5, 0.6) is 0 Å². The number of nitrogens with zero attached hydrogens (tertiary/aromatic N) is 3. The van der Waals surface area contributed by atoms with Crippen LogP contribution >= 0.6 is 15.9 Å². The number of hydrogen-bond acceptors (Lipinski definition) is 4. The van der Waals surface area contributed by atoms with Crippen molar-refractivity contribution in [2.45, 2.75) is 0 Å². The monoisotopic (exact) mass is 327 g/mol. The van der Waals surface area contributed by atoms with Gasteiger partial charge >= 0.3 is 0 Å². The molecule has 6 nitrogen and oxygen atoms in total. The van der Waals surface area contributed by atoms with E-state index in [1.54, 1.807) is 23.1 Å². The summed E-state index contributed by atoms with van der Waals surface area (Å²) >= 11 is 3.15. The lowest BCUT2D eigenvalue weighted by molar-refractivity contribution is -0.384. The van der Waals surface area contributed by atoms with E-state index in [2.05, 4.69) is 15.9 Å². The number of nitro groups is 1. The number of benzene rings is 1. The van der Waals surface area contributed by atoms with Crippen LogP contribution in [0.15, 0.2) is 24.3 Å². The van der Waals surface area contributed by atoms with Crippen molar-refractivity contribution in [2.24, 2.45) is 0 Å². The highest BCUT2D eigenvalue weighted by atomic mass is 79.9. The third kappa shape index (κ3) is 3.04. The summed E-state index contributed by atoms with van der Waals surface area (Å²) in [6.45, 7) is 2.42. The van der Waals surface area contributed by atoms with E-state index in [0.29, 0.717) is 37.2 Å². The van der Waals surface area contributed by atoms with E-state index < -0.39 is 0 Å². The predicted molar refractivity (Wildman–Crippen MR) is 75.7 cm³/mol. The summed E-state index contributed by atoms with van der Waals surface area (Å²) in [5.41, 5.74) is 0.737. The second kappa shape index (κ2) is 6.01. The Morgan fingerprint density at radius 1 is 1.26 bits per heavy atom. The van der Waals surface area contributed by atoms with Gasteiger partial charge < -0.3 is 9.80 Å². The van der Waals surface area contributed by atoms with Crippen molar-refractivity contribution in [1.29, 1.82) is 0 Å². The molecule has 0 N–H and O–H groups in total. The smallest absolute Gasteiger partial charge is 0.292 e. The van der Waals surface area contributed by atoms with Crippen molar-refractivity contribution >= 4 is 33.2 Å². The minimum Gasteiger partial charge on any atom is -0.362 e. The first-order valence-electron chi connectivity index (χ1n) is 5.95. The first-order chi connectivity index (χ1) is 9.13. The summed E-state index contributed by atoms with van der Waals surface area (Å²) in [6.07, 6.45) is 0. The number of hydrogen-bond donors (Lipinski definition) is 0. The average Bonchev–Trinajstić information content (AvgIpc) is 2.46. The van der Waals surface area contributed by atoms with E-state index in [1.807, 2.05) is 4.90 Å². The quantitative estimate of drug-likeness (QED) is 0.481. The van der Waals surface area contributed by atoms with Crippen LogP contribution in [0, 0.1) is 10.1 Å². The summed E-state index contributed by atoms with van der Waals surface area (Å²) in [5.74, 6) is 0.0576. The van der Waals surface area contributed by atoms with E-state index in [-0.39, 0.29) is 16.5 Å². The van der Waals surface area contributed by atoms with E-state index >= 15 is 0 Å². The Labute approximate surface area is 119 Å². The molecule has 19 heavy (non-hydrogen) atoms. The molecule has 1 aliphatic heterocycles. The molecular weight excluding hydrogens is 314 g/mol. The van der Waals surface area contributed by atoms with Gasteiger partial charge in [-0.05, 0) is 6.07 Å². The van der Waals surface area contributed by atoms with Crippen LogP contribution in [-0.4, -0.2) is 47.2 Å². The molecule has 7 heteroatoms. The minimum absolute atomic E-state index is 0.0576. The van der Waals surface area contributed by atoms with Gasteiger partial charge in [0, 0.05) is 32.2 Å². The largest absolute Gasteiger partial charge is 0.362 e. The molecule has 0 unspecified atom stereocenters. The second-order valence-corrected chi connectivity index (χ2v) is 4.81. The Kier molecular flexibility index (Phi) is 4.36. The SMILES string of the molecule is O=C(CBr)N1CCN(c2ccccc2[N+](=O)[O-])CC1. The van der Waals surface area contributed by atoms with Gasteiger partial charge in [-0.25, -0.2) is 0 Å². The summed E-state index contributed by atoms with van der Waals surface area (Å²) in [6, 6.07) is 6.70. The number of amides is 1. The third-order valence-corrected chi connectivity index (χ3v) is 3.65. The maximum Gasteiger partial charge on any atom is 0.292 e. The van der Waals surface area contributed by atoms with Crippen molar-refractivity contribution in [3.63, 3.8) is 0 Å². The highest BCUT2D eigenvalue weighted by molar-refractivity contribution is 9.09. The molecule has 1 aromatic carbocycles. The first-order valence-corrected chi connectivity index (χ1v) is 7.07. The van der Waals surface area contributed by atoms with E-state index in [0.717, 1.165) is 0 Å². The van der Waals surface area contributed by atoms with Gasteiger partial charge in [-0.2, -0.15) is 0 Å². The van der Waals surface area contributed by atoms with Gasteiger partial charge in [-0.15, -0.1) is 0 Å². The van der Waals surface area contributed by atoms with Crippen molar-refractivity contribution in [1.82, 2.24) is 4.90 Å². The molecule has 0 radical (unpaired) electrons. The fourth-order valence-corrected chi connectivity index (χ4v) is 2.52. The summed E-state index contributed by atoms with van der Waals surface area (Å²) < 4.78 is 0. The van der Waals surface area contributed by atoms with Crippen molar-refractivity contribution in [2.75, 3.05) is 36.4 Å². The lowest BCUT2D eigenvalue weighted by atomic mass is 10.2. The Morgan fingerprint density at radius 3 is 2.47 bits per heavy atom. The summed E-state index contributed by atoms with van der Waals surface area (Å²) in [4.78, 5) is 25.9. The molecule has 1 fully saturated rings. The van der Waals surface area contributed by atoms with Crippen molar-refractivity contribution < 1.29 is 9.72 Å². The molecule has 0 atom stereocenters. The fraction of sp³-hybridized carbons (Fsp3) is 0.417. The highest BCUT2D eigenvalue weighted by Gasteiger charge is 2.24. The molecule has 102 valence electrons. The number of carbonyl (C=O) groups is 1. The van der Waals surface area contributed by atoms with Crippen LogP contribution in [0.1, 0.15) is 0 Å². The van der Waals surface area contributed by atoms with Gasteiger partial charge in [-0.1, -0.05) is 28.1 Å². The second-order valence-electron chi connectivity index (χ2n) is 4.25. The molecule has 1 aromatic rings. The molecule has 0 bridgehead atoms. The van der Waals surface area contributed by atoms with E-state index in [9.17, 15) is 14.9 Å². The van der Waals surface area contributed by atoms with Gasteiger partial charge in [0.15, 0.2) is 0 Å². The Balaban J connectivity index is 2.10. The van der Waals surface area contributed by atoms with Gasteiger partial charge in [0.2, 0.25) is 5.91 Å². The number of alkyl halides is 1. The van der Waals surface area contributed by atoms with Crippen LogP contribution in [0.2, 0.25) is 0 Å². The lowest BCUT2D eigenvalue weighted by Crippen LogP contribution is -2.49. The Bertz CT molecular complexity index is 487. The predicted octanol–water partition coefficient (Wildman–Crippen LogP) is 1.64. The van der Waals surface area contributed by atoms with E-state index in [1.165, 1.54) is 6.07 Å². The number of rotatable bonds is 3. The van der Waals surface area contributed by atoms with E-state index in [4.69, 9.17) is 0 Å². The molecule has 1 aliphatic rings. The zero-order valence-electron chi connectivity index (χ0n) is 10.3. The number of anilines is 1. The minimum atomic E-state index is -0.370. The molecule has 2 rings (SSSR count). The molecule has 1 heterocycles. The summed E-state index contributed by atoms with van der Waals surface area (Å²) in [5, 5.41) is 11.3. The zero-order chi connectivity index (χ0) is 13.8. The van der Waals surface area contributed by atoms with Crippen LogP contribution in [0.4, 0.5) is 11.4 Å². The Morgan fingerprint density at radius 2 is 1.89 bits per heavy atom. The number of nitro benzene ring substituents is 1.